The fourth-order valence-electron chi connectivity index (χ4n) is 2.21. The lowest BCUT2D eigenvalue weighted by Crippen LogP contribution is -2.22. The topological polar surface area (TPSA) is 3.24 Å². The lowest BCUT2D eigenvalue weighted by atomic mass is 9.93. The van der Waals surface area contributed by atoms with Crippen LogP contribution in [-0.2, 0) is 0 Å². The highest BCUT2D eigenvalue weighted by Crippen LogP contribution is 2.32. The Bertz CT molecular complexity index is 352. The second-order valence-corrected chi connectivity index (χ2v) is 6.09. The highest BCUT2D eigenvalue weighted by Gasteiger charge is 2.29. The Labute approximate surface area is 107 Å². The van der Waals surface area contributed by atoms with Crippen LogP contribution in [-0.4, -0.2) is 18.0 Å². The first-order valence-corrected chi connectivity index (χ1v) is 6.59. The van der Waals surface area contributed by atoms with E-state index in [9.17, 15) is 0 Å². The Kier molecular flexibility index (Phi) is 4.62. The summed E-state index contributed by atoms with van der Waals surface area (Å²) >= 11 is 0. The van der Waals surface area contributed by atoms with Crippen molar-refractivity contribution in [2.75, 3.05) is 13.1 Å². The maximum atomic E-state index is 2.52. The third kappa shape index (κ3) is 4.07. The number of likely N-dealkylation sites (tertiary alicyclic amines) is 1. The summed E-state index contributed by atoms with van der Waals surface area (Å²) in [6, 6.07) is 0. The van der Waals surface area contributed by atoms with Gasteiger partial charge in [-0.3, -0.25) is 0 Å². The highest BCUT2D eigenvalue weighted by molar-refractivity contribution is 5.29. The maximum Gasteiger partial charge on any atom is 0.0352 e. The summed E-state index contributed by atoms with van der Waals surface area (Å²) in [5.41, 5.74) is 4.59. The molecule has 0 aromatic rings. The van der Waals surface area contributed by atoms with E-state index in [0.717, 1.165) is 0 Å². The van der Waals surface area contributed by atoms with Crippen molar-refractivity contribution in [3.63, 3.8) is 0 Å². The Balaban J connectivity index is 2.84. The van der Waals surface area contributed by atoms with Gasteiger partial charge in [-0.05, 0) is 45.6 Å². The van der Waals surface area contributed by atoms with Crippen LogP contribution in [0, 0.1) is 5.41 Å². The molecule has 0 spiro atoms. The summed E-state index contributed by atoms with van der Waals surface area (Å²) in [6.07, 6.45) is 7.92. The Hall–Kier alpha value is -0.980. The van der Waals surface area contributed by atoms with E-state index in [0.29, 0.717) is 5.41 Å². The molecule has 1 nitrogen and oxygen atoms in total. The molecule has 0 bridgehead atoms. The van der Waals surface area contributed by atoms with E-state index in [1.165, 1.54) is 36.4 Å². The van der Waals surface area contributed by atoms with Crippen molar-refractivity contribution in [1.82, 2.24) is 4.90 Å². The molecule has 1 rings (SSSR count). The van der Waals surface area contributed by atoms with Crippen LogP contribution in [0.5, 0.6) is 0 Å². The second-order valence-electron chi connectivity index (χ2n) is 6.09. The van der Waals surface area contributed by atoms with Gasteiger partial charge in [0.15, 0.2) is 0 Å². The largest absolute Gasteiger partial charge is 0.371 e. The van der Waals surface area contributed by atoms with Gasteiger partial charge in [0.25, 0.3) is 0 Å². The van der Waals surface area contributed by atoms with E-state index in [2.05, 4.69) is 64.7 Å². The summed E-state index contributed by atoms with van der Waals surface area (Å²) in [7, 11) is 0. The molecule has 0 radical (unpaired) electrons. The van der Waals surface area contributed by atoms with Gasteiger partial charge in [0.2, 0.25) is 0 Å². The molecule has 0 atom stereocenters. The number of hydrogen-bond donors (Lipinski definition) is 0. The van der Waals surface area contributed by atoms with Gasteiger partial charge >= 0.3 is 0 Å². The first-order chi connectivity index (χ1) is 7.85. The average Bonchev–Trinajstić information content (AvgIpc) is 2.58. The van der Waals surface area contributed by atoms with E-state index in [1.54, 1.807) is 0 Å². The van der Waals surface area contributed by atoms with Gasteiger partial charge < -0.3 is 4.90 Å². The van der Waals surface area contributed by atoms with Crippen LogP contribution >= 0.6 is 0 Å². The first kappa shape index (κ1) is 14.1. The second kappa shape index (κ2) is 5.57. The standard InChI is InChI=1S/C16H27N/c1-7-14(4)8-9-15(13(2)3)17-11-10-16(5,6)12-17/h7-9H,10-12H2,1-6H3/b9-8-,14-7?. The van der Waals surface area contributed by atoms with Gasteiger partial charge in [-0.1, -0.05) is 37.1 Å². The first-order valence-electron chi connectivity index (χ1n) is 6.59. The molecule has 0 aromatic carbocycles. The van der Waals surface area contributed by atoms with E-state index in [1.807, 2.05) is 0 Å². The molecule has 1 aliphatic rings. The van der Waals surface area contributed by atoms with Gasteiger partial charge in [-0.2, -0.15) is 0 Å². The average molecular weight is 233 g/mol. The zero-order chi connectivity index (χ0) is 13.1. The molecular weight excluding hydrogens is 206 g/mol. The van der Waals surface area contributed by atoms with Gasteiger partial charge in [-0.25, -0.2) is 0 Å². The molecule has 0 aliphatic carbocycles. The van der Waals surface area contributed by atoms with E-state index < -0.39 is 0 Å². The van der Waals surface area contributed by atoms with Gasteiger partial charge in [-0.15, -0.1) is 0 Å². The van der Waals surface area contributed by atoms with Crippen molar-refractivity contribution < 1.29 is 0 Å². The molecule has 17 heavy (non-hydrogen) atoms. The van der Waals surface area contributed by atoms with E-state index in [4.69, 9.17) is 0 Å². The van der Waals surface area contributed by atoms with Gasteiger partial charge in [0, 0.05) is 18.8 Å². The Morgan fingerprint density at radius 2 is 1.76 bits per heavy atom. The van der Waals surface area contributed by atoms with Crippen molar-refractivity contribution in [3.05, 3.63) is 35.1 Å². The highest BCUT2D eigenvalue weighted by atomic mass is 15.2. The number of allylic oxidation sites excluding steroid dienone is 5. The molecule has 0 saturated carbocycles. The van der Waals surface area contributed by atoms with Crippen LogP contribution in [0.4, 0.5) is 0 Å². The molecule has 1 heteroatoms. The lowest BCUT2D eigenvalue weighted by Gasteiger charge is -2.24. The zero-order valence-electron chi connectivity index (χ0n) is 12.3. The van der Waals surface area contributed by atoms with Crippen molar-refractivity contribution in [2.24, 2.45) is 5.41 Å². The lowest BCUT2D eigenvalue weighted by molar-refractivity contribution is 0.346. The summed E-state index contributed by atoms with van der Waals surface area (Å²) < 4.78 is 0. The third-order valence-corrected chi connectivity index (χ3v) is 3.49. The minimum atomic E-state index is 0.462. The van der Waals surface area contributed by atoms with E-state index in [-0.39, 0.29) is 0 Å². The molecule has 1 fully saturated rings. The molecule has 0 aromatic heterocycles. The summed E-state index contributed by atoms with van der Waals surface area (Å²) in [5.74, 6) is 0. The van der Waals surface area contributed by atoms with Crippen molar-refractivity contribution in [3.8, 4) is 0 Å². The fourth-order valence-corrected chi connectivity index (χ4v) is 2.21. The van der Waals surface area contributed by atoms with Crippen molar-refractivity contribution in [2.45, 2.75) is 48.0 Å². The molecule has 1 aliphatic heterocycles. The minimum Gasteiger partial charge on any atom is -0.371 e. The molecule has 0 unspecified atom stereocenters. The fraction of sp³-hybridized carbons (Fsp3) is 0.625. The summed E-state index contributed by atoms with van der Waals surface area (Å²) in [4.78, 5) is 2.52. The number of rotatable bonds is 3. The van der Waals surface area contributed by atoms with Crippen LogP contribution in [0.2, 0.25) is 0 Å². The van der Waals surface area contributed by atoms with Crippen LogP contribution in [0.15, 0.2) is 35.1 Å². The monoisotopic (exact) mass is 233 g/mol. The van der Waals surface area contributed by atoms with Crippen LogP contribution in [0.3, 0.4) is 0 Å². The molecule has 1 saturated heterocycles. The molecular formula is C16H27N. The van der Waals surface area contributed by atoms with Crippen LogP contribution < -0.4 is 0 Å². The van der Waals surface area contributed by atoms with Crippen molar-refractivity contribution in [1.29, 1.82) is 0 Å². The summed E-state index contributed by atoms with van der Waals surface area (Å²) in [5, 5.41) is 0. The Morgan fingerprint density at radius 3 is 2.18 bits per heavy atom. The molecule has 0 amide bonds. The Morgan fingerprint density at radius 1 is 1.12 bits per heavy atom. The SMILES string of the molecule is CC=C(C)/C=C\C(=C(C)C)N1CCC(C)(C)C1. The van der Waals surface area contributed by atoms with Crippen molar-refractivity contribution >= 4 is 0 Å². The number of nitrogens with zero attached hydrogens (tertiary/aromatic N) is 1. The number of hydrogen-bond acceptors (Lipinski definition) is 1. The zero-order valence-corrected chi connectivity index (χ0v) is 12.3. The van der Waals surface area contributed by atoms with Crippen LogP contribution in [0.1, 0.15) is 48.0 Å². The van der Waals surface area contributed by atoms with Gasteiger partial charge in [0.1, 0.15) is 0 Å². The smallest absolute Gasteiger partial charge is 0.0352 e. The third-order valence-electron chi connectivity index (χ3n) is 3.49. The quantitative estimate of drug-likeness (QED) is 0.647. The molecule has 96 valence electrons. The predicted molar refractivity (Wildman–Crippen MR) is 76.9 cm³/mol. The van der Waals surface area contributed by atoms with E-state index >= 15 is 0 Å². The summed E-state index contributed by atoms with van der Waals surface area (Å²) in [6.45, 7) is 15.7. The normalized spacial score (nSPS) is 20.1. The molecule has 0 N–H and O–H groups in total. The molecule has 1 heterocycles. The maximum absolute atomic E-state index is 2.52. The van der Waals surface area contributed by atoms with Crippen LogP contribution in [0.25, 0.3) is 0 Å². The van der Waals surface area contributed by atoms with Gasteiger partial charge in [0.05, 0.1) is 0 Å². The predicted octanol–water partition coefficient (Wildman–Crippen LogP) is 4.53. The minimum absolute atomic E-state index is 0.462.